The second kappa shape index (κ2) is 5.80. The number of nitrogens with zero attached hydrogens (tertiary/aromatic N) is 1. The average Bonchev–Trinajstić information content (AvgIpc) is 2.39. The highest BCUT2D eigenvalue weighted by molar-refractivity contribution is 6.32. The maximum absolute atomic E-state index is 13.6. The Balaban J connectivity index is 2.16. The molecular formula is C14H12ClFN2O. The van der Waals surface area contributed by atoms with Crippen LogP contribution in [0, 0.1) is 5.82 Å². The molecule has 1 aromatic heterocycles. The van der Waals surface area contributed by atoms with E-state index in [0.29, 0.717) is 5.56 Å². The summed E-state index contributed by atoms with van der Waals surface area (Å²) in [7, 11) is 0. The van der Waals surface area contributed by atoms with Gasteiger partial charge in [0.2, 0.25) is 0 Å². The van der Waals surface area contributed by atoms with Crippen molar-refractivity contribution in [2.75, 3.05) is 0 Å². The monoisotopic (exact) mass is 278 g/mol. The number of benzene rings is 1. The van der Waals surface area contributed by atoms with Crippen LogP contribution in [0.25, 0.3) is 0 Å². The molecule has 2 aromatic rings. The van der Waals surface area contributed by atoms with E-state index in [-0.39, 0.29) is 22.4 Å². The van der Waals surface area contributed by atoms with Crippen molar-refractivity contribution in [3.05, 3.63) is 64.7 Å². The first-order chi connectivity index (χ1) is 9.09. The molecule has 19 heavy (non-hydrogen) atoms. The van der Waals surface area contributed by atoms with Crippen LogP contribution in [0.1, 0.15) is 28.9 Å². The van der Waals surface area contributed by atoms with E-state index < -0.39 is 6.04 Å². The van der Waals surface area contributed by atoms with Crippen LogP contribution < -0.4 is 5.32 Å². The zero-order valence-electron chi connectivity index (χ0n) is 10.2. The molecule has 0 saturated carbocycles. The molecular weight excluding hydrogens is 267 g/mol. The molecule has 0 saturated heterocycles. The summed E-state index contributed by atoms with van der Waals surface area (Å²) in [5, 5.41) is 2.82. The van der Waals surface area contributed by atoms with Crippen LogP contribution in [0.5, 0.6) is 0 Å². The Morgan fingerprint density at radius 2 is 2.05 bits per heavy atom. The van der Waals surface area contributed by atoms with E-state index in [9.17, 15) is 9.18 Å². The molecule has 0 aliphatic rings. The molecule has 1 heterocycles. The van der Waals surface area contributed by atoms with Crippen LogP contribution in [0.2, 0.25) is 5.15 Å². The van der Waals surface area contributed by atoms with Crippen LogP contribution in [-0.2, 0) is 0 Å². The number of rotatable bonds is 3. The maximum Gasteiger partial charge on any atom is 0.254 e. The van der Waals surface area contributed by atoms with E-state index in [4.69, 9.17) is 11.6 Å². The van der Waals surface area contributed by atoms with Gasteiger partial charge in [-0.25, -0.2) is 9.37 Å². The van der Waals surface area contributed by atoms with Gasteiger partial charge in [-0.05, 0) is 25.1 Å². The summed E-state index contributed by atoms with van der Waals surface area (Å²) >= 11 is 5.83. The second-order valence-electron chi connectivity index (χ2n) is 4.06. The predicted octanol–water partition coefficient (Wildman–Crippen LogP) is 3.37. The van der Waals surface area contributed by atoms with E-state index in [0.717, 1.165) is 0 Å². The minimum Gasteiger partial charge on any atom is -0.345 e. The Bertz CT molecular complexity index is 604. The van der Waals surface area contributed by atoms with Crippen LogP contribution in [0.15, 0.2) is 42.6 Å². The standard InChI is InChI=1S/C14H12ClFN2O/c1-9(10-5-2-3-7-12(10)16)18-14(19)11-6-4-8-17-13(11)15/h2-9H,1H3,(H,18,19). The van der Waals surface area contributed by atoms with Crippen LogP contribution in [0.4, 0.5) is 4.39 Å². The van der Waals surface area contributed by atoms with Crippen molar-refractivity contribution < 1.29 is 9.18 Å². The lowest BCUT2D eigenvalue weighted by Crippen LogP contribution is -2.27. The molecule has 0 aliphatic carbocycles. The van der Waals surface area contributed by atoms with E-state index in [1.54, 1.807) is 37.3 Å². The van der Waals surface area contributed by atoms with Gasteiger partial charge in [-0.3, -0.25) is 4.79 Å². The number of carbonyl (C=O) groups is 1. The zero-order valence-corrected chi connectivity index (χ0v) is 11.0. The number of aromatic nitrogens is 1. The molecule has 3 nitrogen and oxygen atoms in total. The smallest absolute Gasteiger partial charge is 0.254 e. The fraction of sp³-hybridized carbons (Fsp3) is 0.143. The lowest BCUT2D eigenvalue weighted by molar-refractivity contribution is 0.0939. The van der Waals surface area contributed by atoms with Crippen molar-refractivity contribution in [2.24, 2.45) is 0 Å². The average molecular weight is 279 g/mol. The third-order valence-corrected chi connectivity index (χ3v) is 3.02. The summed E-state index contributed by atoms with van der Waals surface area (Å²) in [5.74, 6) is -0.735. The maximum atomic E-state index is 13.6. The van der Waals surface area contributed by atoms with Gasteiger partial charge in [-0.15, -0.1) is 0 Å². The third kappa shape index (κ3) is 3.09. The fourth-order valence-electron chi connectivity index (χ4n) is 1.73. The molecule has 1 amide bonds. The van der Waals surface area contributed by atoms with Gasteiger partial charge in [0.05, 0.1) is 11.6 Å². The van der Waals surface area contributed by atoms with Crippen molar-refractivity contribution in [2.45, 2.75) is 13.0 Å². The molecule has 5 heteroatoms. The molecule has 98 valence electrons. The third-order valence-electron chi connectivity index (χ3n) is 2.72. The van der Waals surface area contributed by atoms with Gasteiger partial charge in [0.25, 0.3) is 5.91 Å². The lowest BCUT2D eigenvalue weighted by atomic mass is 10.1. The summed E-state index contributed by atoms with van der Waals surface area (Å²) in [6.07, 6.45) is 1.50. The number of pyridine rings is 1. The quantitative estimate of drug-likeness (QED) is 0.875. The molecule has 1 unspecified atom stereocenters. The minimum atomic E-state index is -0.454. The number of halogens is 2. The van der Waals surface area contributed by atoms with Gasteiger partial charge < -0.3 is 5.32 Å². The van der Waals surface area contributed by atoms with Crippen LogP contribution in [-0.4, -0.2) is 10.9 Å². The van der Waals surface area contributed by atoms with E-state index in [1.807, 2.05) is 0 Å². The molecule has 2 rings (SSSR count). The largest absolute Gasteiger partial charge is 0.345 e. The summed E-state index contributed by atoms with van der Waals surface area (Å²) in [6.45, 7) is 1.71. The van der Waals surface area contributed by atoms with Crippen molar-refractivity contribution in [1.82, 2.24) is 10.3 Å². The Kier molecular flexibility index (Phi) is 4.12. The normalized spacial score (nSPS) is 11.9. The molecule has 0 aliphatic heterocycles. The highest BCUT2D eigenvalue weighted by Crippen LogP contribution is 2.18. The van der Waals surface area contributed by atoms with Crippen molar-refractivity contribution in [3.63, 3.8) is 0 Å². The van der Waals surface area contributed by atoms with Gasteiger partial charge in [0, 0.05) is 11.8 Å². The molecule has 0 bridgehead atoms. The molecule has 0 fully saturated rings. The van der Waals surface area contributed by atoms with Gasteiger partial charge >= 0.3 is 0 Å². The zero-order chi connectivity index (χ0) is 13.8. The predicted molar refractivity (Wildman–Crippen MR) is 71.5 cm³/mol. The highest BCUT2D eigenvalue weighted by Gasteiger charge is 2.16. The van der Waals surface area contributed by atoms with Gasteiger partial charge in [-0.2, -0.15) is 0 Å². The first kappa shape index (κ1) is 13.5. The molecule has 1 aromatic carbocycles. The summed E-state index contributed by atoms with van der Waals surface area (Å²) in [5.41, 5.74) is 0.697. The fourth-order valence-corrected chi connectivity index (χ4v) is 1.94. The Labute approximate surface area is 115 Å². The van der Waals surface area contributed by atoms with Gasteiger partial charge in [0.15, 0.2) is 0 Å². The number of nitrogens with one attached hydrogen (secondary N) is 1. The first-order valence-electron chi connectivity index (χ1n) is 5.75. The second-order valence-corrected chi connectivity index (χ2v) is 4.42. The van der Waals surface area contributed by atoms with Crippen LogP contribution >= 0.6 is 11.6 Å². The summed E-state index contributed by atoms with van der Waals surface area (Å²) in [4.78, 5) is 15.8. The molecule has 1 N–H and O–H groups in total. The molecule has 1 atom stereocenters. The van der Waals surface area contributed by atoms with Crippen molar-refractivity contribution in [3.8, 4) is 0 Å². The van der Waals surface area contributed by atoms with E-state index >= 15 is 0 Å². The van der Waals surface area contributed by atoms with Gasteiger partial charge in [0.1, 0.15) is 11.0 Å². The molecule has 0 spiro atoms. The van der Waals surface area contributed by atoms with Crippen molar-refractivity contribution >= 4 is 17.5 Å². The number of amides is 1. The van der Waals surface area contributed by atoms with Crippen LogP contribution in [0.3, 0.4) is 0 Å². The Hall–Kier alpha value is -1.94. The highest BCUT2D eigenvalue weighted by atomic mass is 35.5. The minimum absolute atomic E-state index is 0.126. The van der Waals surface area contributed by atoms with E-state index in [1.165, 1.54) is 12.3 Å². The van der Waals surface area contributed by atoms with Gasteiger partial charge in [-0.1, -0.05) is 29.8 Å². The first-order valence-corrected chi connectivity index (χ1v) is 6.13. The topological polar surface area (TPSA) is 42.0 Å². The lowest BCUT2D eigenvalue weighted by Gasteiger charge is -2.15. The number of carbonyl (C=O) groups excluding carboxylic acids is 1. The summed E-state index contributed by atoms with van der Waals surface area (Å²) < 4.78 is 13.6. The van der Waals surface area contributed by atoms with E-state index in [2.05, 4.69) is 10.3 Å². The molecule has 0 radical (unpaired) electrons. The summed E-state index contributed by atoms with van der Waals surface area (Å²) in [6, 6.07) is 9.04. The Morgan fingerprint density at radius 1 is 1.32 bits per heavy atom. The number of hydrogen-bond donors (Lipinski definition) is 1. The number of hydrogen-bond acceptors (Lipinski definition) is 2. The SMILES string of the molecule is CC(NC(=O)c1cccnc1Cl)c1ccccc1F. The Morgan fingerprint density at radius 3 is 2.74 bits per heavy atom. The van der Waals surface area contributed by atoms with Crippen molar-refractivity contribution in [1.29, 1.82) is 0 Å².